The van der Waals surface area contributed by atoms with E-state index in [0.717, 1.165) is 11.4 Å². The van der Waals surface area contributed by atoms with Crippen molar-refractivity contribution in [3.8, 4) is 0 Å². The van der Waals surface area contributed by atoms with Crippen LogP contribution in [0.4, 0.5) is 5.69 Å². The molecule has 2 heterocycles. The van der Waals surface area contributed by atoms with Gasteiger partial charge in [0.2, 0.25) is 5.91 Å². The second-order valence-corrected chi connectivity index (χ2v) is 4.30. The monoisotopic (exact) mass is 248 g/mol. The molecule has 6 nitrogen and oxygen atoms in total. The number of aryl methyl sites for hydroxylation is 1. The average Bonchev–Trinajstić information content (AvgIpc) is 2.74. The highest BCUT2D eigenvalue weighted by molar-refractivity contribution is 5.99. The molecular formula is C12H16N4O2. The van der Waals surface area contributed by atoms with Crippen molar-refractivity contribution in [1.82, 2.24) is 15.6 Å². The zero-order valence-corrected chi connectivity index (χ0v) is 10.4. The number of rotatable bonds is 3. The molecule has 1 unspecified atom stereocenters. The molecule has 0 radical (unpaired) electrons. The minimum Gasteiger partial charge on any atom is -0.387 e. The fourth-order valence-corrected chi connectivity index (χ4v) is 1.92. The molecule has 1 aliphatic heterocycles. The summed E-state index contributed by atoms with van der Waals surface area (Å²) < 4.78 is 0. The fraction of sp³-hybridized carbons (Fsp3) is 0.417. The molecule has 3 N–H and O–H groups in total. The molecule has 1 saturated heterocycles. The van der Waals surface area contributed by atoms with E-state index < -0.39 is 0 Å². The van der Waals surface area contributed by atoms with Crippen LogP contribution >= 0.6 is 0 Å². The molecule has 6 heteroatoms. The van der Waals surface area contributed by atoms with Gasteiger partial charge in [0.25, 0.3) is 5.91 Å². The van der Waals surface area contributed by atoms with Gasteiger partial charge in [-0.15, -0.1) is 0 Å². The highest BCUT2D eigenvalue weighted by Crippen LogP contribution is 2.15. The maximum absolute atomic E-state index is 12.1. The second-order valence-electron chi connectivity index (χ2n) is 4.30. The lowest BCUT2D eigenvalue weighted by molar-refractivity contribution is -0.119. The molecule has 1 aromatic heterocycles. The van der Waals surface area contributed by atoms with E-state index in [1.54, 1.807) is 13.2 Å². The number of amides is 2. The molecule has 1 aliphatic rings. The van der Waals surface area contributed by atoms with Gasteiger partial charge < -0.3 is 16.0 Å². The minimum absolute atomic E-state index is 0.0313. The minimum atomic E-state index is -0.214. The van der Waals surface area contributed by atoms with Crippen molar-refractivity contribution >= 4 is 17.5 Å². The number of carbonyl (C=O) groups excluding carboxylic acids is 2. The Morgan fingerprint density at radius 3 is 2.94 bits per heavy atom. The lowest BCUT2D eigenvalue weighted by Gasteiger charge is -2.13. The van der Waals surface area contributed by atoms with E-state index in [2.05, 4.69) is 20.9 Å². The highest BCUT2D eigenvalue weighted by Gasteiger charge is 2.24. The number of pyridine rings is 1. The number of aromatic nitrogens is 1. The molecule has 96 valence electrons. The fourth-order valence-electron chi connectivity index (χ4n) is 1.92. The molecular weight excluding hydrogens is 232 g/mol. The third-order valence-corrected chi connectivity index (χ3v) is 2.87. The van der Waals surface area contributed by atoms with Crippen LogP contribution in [0.2, 0.25) is 0 Å². The van der Waals surface area contributed by atoms with Crippen molar-refractivity contribution in [2.75, 3.05) is 18.9 Å². The first-order valence-electron chi connectivity index (χ1n) is 5.82. The third-order valence-electron chi connectivity index (χ3n) is 2.87. The molecule has 0 spiro atoms. The van der Waals surface area contributed by atoms with Crippen LogP contribution in [0.3, 0.4) is 0 Å². The Bertz CT molecular complexity index is 487. The first-order chi connectivity index (χ1) is 8.60. The number of nitrogens with zero attached hydrogens (tertiary/aromatic N) is 1. The molecule has 1 atom stereocenters. The van der Waals surface area contributed by atoms with Crippen LogP contribution in [0.5, 0.6) is 0 Å². The zero-order valence-electron chi connectivity index (χ0n) is 10.4. The van der Waals surface area contributed by atoms with Gasteiger partial charge in [0.05, 0.1) is 17.3 Å². The van der Waals surface area contributed by atoms with E-state index >= 15 is 0 Å². The van der Waals surface area contributed by atoms with Gasteiger partial charge in [-0.3, -0.25) is 14.6 Å². The SMILES string of the molecule is CNc1cc(C)ncc1C(=O)NC1CNC(=O)C1. The Morgan fingerprint density at radius 2 is 2.33 bits per heavy atom. The molecule has 18 heavy (non-hydrogen) atoms. The largest absolute Gasteiger partial charge is 0.387 e. The van der Waals surface area contributed by atoms with Crippen LogP contribution in [0.1, 0.15) is 22.5 Å². The summed E-state index contributed by atoms with van der Waals surface area (Å²) in [5.74, 6) is -0.246. The number of hydrogen-bond donors (Lipinski definition) is 3. The normalized spacial score (nSPS) is 18.3. The van der Waals surface area contributed by atoms with Gasteiger partial charge in [-0.25, -0.2) is 0 Å². The van der Waals surface area contributed by atoms with Crippen LogP contribution in [-0.2, 0) is 4.79 Å². The maximum Gasteiger partial charge on any atom is 0.255 e. The summed E-state index contributed by atoms with van der Waals surface area (Å²) >= 11 is 0. The van der Waals surface area contributed by atoms with Crippen molar-refractivity contribution in [3.63, 3.8) is 0 Å². The lowest BCUT2D eigenvalue weighted by atomic mass is 10.1. The van der Waals surface area contributed by atoms with Gasteiger partial charge in [-0.05, 0) is 13.0 Å². The first-order valence-corrected chi connectivity index (χ1v) is 5.82. The molecule has 2 rings (SSSR count). The molecule has 0 aromatic carbocycles. The summed E-state index contributed by atoms with van der Waals surface area (Å²) in [5.41, 5.74) is 2.06. The first kappa shape index (κ1) is 12.3. The van der Waals surface area contributed by atoms with Crippen LogP contribution in [0.25, 0.3) is 0 Å². The van der Waals surface area contributed by atoms with Gasteiger partial charge in [0, 0.05) is 31.9 Å². The zero-order chi connectivity index (χ0) is 13.1. The van der Waals surface area contributed by atoms with Gasteiger partial charge in [-0.1, -0.05) is 0 Å². The van der Waals surface area contributed by atoms with Crippen LogP contribution in [0, 0.1) is 6.92 Å². The molecule has 0 aliphatic carbocycles. The smallest absolute Gasteiger partial charge is 0.255 e. The predicted octanol–water partition coefficient (Wildman–Crippen LogP) is 0.0500. The maximum atomic E-state index is 12.1. The molecule has 1 fully saturated rings. The van der Waals surface area contributed by atoms with E-state index in [4.69, 9.17) is 0 Å². The molecule has 0 bridgehead atoms. The summed E-state index contributed by atoms with van der Waals surface area (Å²) in [6, 6.07) is 1.67. The highest BCUT2D eigenvalue weighted by atomic mass is 16.2. The number of hydrogen-bond acceptors (Lipinski definition) is 4. The van der Waals surface area contributed by atoms with E-state index in [1.807, 2.05) is 13.0 Å². The summed E-state index contributed by atoms with van der Waals surface area (Å²) in [7, 11) is 1.76. The van der Waals surface area contributed by atoms with Crippen LogP contribution < -0.4 is 16.0 Å². The molecule has 0 saturated carbocycles. The van der Waals surface area contributed by atoms with Crippen molar-refractivity contribution < 1.29 is 9.59 Å². The van der Waals surface area contributed by atoms with Crippen LogP contribution in [0.15, 0.2) is 12.3 Å². The summed E-state index contributed by atoms with van der Waals surface area (Å²) in [6.45, 7) is 2.35. The van der Waals surface area contributed by atoms with Crippen molar-refractivity contribution in [1.29, 1.82) is 0 Å². The van der Waals surface area contributed by atoms with Gasteiger partial charge in [-0.2, -0.15) is 0 Å². The Kier molecular flexibility index (Phi) is 3.45. The third kappa shape index (κ3) is 2.58. The Balaban J connectivity index is 2.11. The topological polar surface area (TPSA) is 83.1 Å². The second kappa shape index (κ2) is 5.03. The Labute approximate surface area is 105 Å². The van der Waals surface area contributed by atoms with E-state index in [9.17, 15) is 9.59 Å². The summed E-state index contributed by atoms with van der Waals surface area (Å²) in [4.78, 5) is 27.2. The van der Waals surface area contributed by atoms with Crippen molar-refractivity contribution in [2.24, 2.45) is 0 Å². The predicted molar refractivity (Wildman–Crippen MR) is 67.4 cm³/mol. The van der Waals surface area contributed by atoms with Crippen molar-refractivity contribution in [2.45, 2.75) is 19.4 Å². The van der Waals surface area contributed by atoms with Crippen LogP contribution in [-0.4, -0.2) is 36.4 Å². The van der Waals surface area contributed by atoms with E-state index in [-0.39, 0.29) is 17.9 Å². The number of carbonyl (C=O) groups is 2. The average molecular weight is 248 g/mol. The molecule has 2 amide bonds. The van der Waals surface area contributed by atoms with E-state index in [1.165, 1.54) is 0 Å². The lowest BCUT2D eigenvalue weighted by Crippen LogP contribution is -2.36. The van der Waals surface area contributed by atoms with Gasteiger partial charge in [0.1, 0.15) is 0 Å². The Morgan fingerprint density at radius 1 is 1.56 bits per heavy atom. The number of nitrogens with one attached hydrogen (secondary N) is 3. The van der Waals surface area contributed by atoms with Gasteiger partial charge in [0.15, 0.2) is 0 Å². The Hall–Kier alpha value is -2.11. The van der Waals surface area contributed by atoms with E-state index in [0.29, 0.717) is 18.5 Å². The number of anilines is 1. The standard InChI is InChI=1S/C12H16N4O2/c1-7-3-10(13-2)9(6-14-7)12(18)16-8-4-11(17)15-5-8/h3,6,8H,4-5H2,1-2H3,(H,13,14)(H,15,17)(H,16,18). The quantitative estimate of drug-likeness (QED) is 0.706. The van der Waals surface area contributed by atoms with Crippen molar-refractivity contribution in [3.05, 3.63) is 23.5 Å². The summed E-state index contributed by atoms with van der Waals surface area (Å²) in [5, 5.41) is 8.46. The summed E-state index contributed by atoms with van der Waals surface area (Å²) in [6.07, 6.45) is 1.88. The molecule has 1 aromatic rings. The van der Waals surface area contributed by atoms with Gasteiger partial charge >= 0.3 is 0 Å².